The van der Waals surface area contributed by atoms with Crippen LogP contribution < -0.4 is 4.90 Å². The maximum absolute atomic E-state index is 14.2. The number of likely N-dealkylation sites (N-methyl/N-ethyl adjacent to an activating group) is 1. The largest absolute Gasteiger partial charge is 0.508 e. The molecule has 1 atom stereocenters. The molecular weight excluding hydrogens is 606 g/mol. The minimum atomic E-state index is -0.538. The van der Waals surface area contributed by atoms with Crippen LogP contribution in [0.25, 0.3) is 22.0 Å². The molecule has 8 rings (SSSR count). The van der Waals surface area contributed by atoms with Crippen molar-refractivity contribution in [2.75, 3.05) is 51.2 Å². The number of phenols is 1. The van der Waals surface area contributed by atoms with Crippen LogP contribution in [-0.4, -0.2) is 83.1 Å². The summed E-state index contributed by atoms with van der Waals surface area (Å²) in [6.45, 7) is 7.31. The Hall–Kier alpha value is -4.30. The summed E-state index contributed by atoms with van der Waals surface area (Å²) in [5.74, 6) is 0.0378. The van der Waals surface area contributed by atoms with E-state index in [1.165, 1.54) is 44.7 Å². The Labute approximate surface area is 281 Å². The van der Waals surface area contributed by atoms with Gasteiger partial charge in [-0.25, -0.2) is 0 Å². The van der Waals surface area contributed by atoms with E-state index in [1.807, 2.05) is 35.2 Å². The van der Waals surface area contributed by atoms with Gasteiger partial charge in [0, 0.05) is 84.9 Å². The summed E-state index contributed by atoms with van der Waals surface area (Å²) in [5, 5.41) is 12.5. The molecule has 7 nitrogen and oxygen atoms in total. The van der Waals surface area contributed by atoms with Crippen molar-refractivity contribution in [3.8, 4) is 16.9 Å². The minimum Gasteiger partial charge on any atom is -0.508 e. The second-order valence-electron chi connectivity index (χ2n) is 13.3. The van der Waals surface area contributed by atoms with Crippen LogP contribution in [0.5, 0.6) is 5.75 Å². The van der Waals surface area contributed by atoms with E-state index in [-0.39, 0.29) is 11.7 Å². The van der Waals surface area contributed by atoms with Crippen molar-refractivity contribution < 1.29 is 9.90 Å². The zero-order valence-electron chi connectivity index (χ0n) is 26.7. The summed E-state index contributed by atoms with van der Waals surface area (Å²) >= 11 is 6.42. The lowest BCUT2D eigenvalue weighted by Crippen LogP contribution is -2.52. The molecule has 8 heteroatoms. The van der Waals surface area contributed by atoms with E-state index in [9.17, 15) is 9.90 Å². The van der Waals surface area contributed by atoms with Crippen molar-refractivity contribution in [3.63, 3.8) is 0 Å². The van der Waals surface area contributed by atoms with Crippen molar-refractivity contribution >= 4 is 34.1 Å². The van der Waals surface area contributed by atoms with Gasteiger partial charge in [0.25, 0.3) is 5.91 Å². The third-order valence-corrected chi connectivity index (χ3v) is 10.7. The molecule has 4 heterocycles. The number of benzene rings is 4. The molecule has 3 aliphatic rings. The van der Waals surface area contributed by atoms with Crippen LogP contribution in [0.2, 0.25) is 5.02 Å². The van der Waals surface area contributed by atoms with Crippen LogP contribution in [0.3, 0.4) is 0 Å². The Morgan fingerprint density at radius 3 is 2.34 bits per heavy atom. The highest BCUT2D eigenvalue weighted by Gasteiger charge is 2.37. The van der Waals surface area contributed by atoms with Crippen molar-refractivity contribution in [2.45, 2.75) is 31.5 Å². The van der Waals surface area contributed by atoms with E-state index in [0.29, 0.717) is 28.7 Å². The molecule has 0 saturated carbocycles. The quantitative estimate of drug-likeness (QED) is 0.205. The van der Waals surface area contributed by atoms with Gasteiger partial charge in [-0.1, -0.05) is 54.1 Å². The number of halogens is 1. The summed E-state index contributed by atoms with van der Waals surface area (Å²) in [6.07, 6.45) is 2.42. The lowest BCUT2D eigenvalue weighted by atomic mass is 9.99. The molecule has 2 saturated heterocycles. The predicted molar refractivity (Wildman–Crippen MR) is 189 cm³/mol. The van der Waals surface area contributed by atoms with Gasteiger partial charge >= 0.3 is 0 Å². The van der Waals surface area contributed by atoms with Gasteiger partial charge in [0.15, 0.2) is 0 Å². The number of phenolic OH excluding ortho intramolecular Hbond substituents is 1. The fraction of sp³-hybridized carbons (Fsp3) is 0.308. The normalized spacial score (nSPS) is 18.6. The Kier molecular flexibility index (Phi) is 7.92. The number of aromatic hydroxyl groups is 1. The number of aromatic amines is 1. The van der Waals surface area contributed by atoms with Crippen molar-refractivity contribution in [1.82, 2.24) is 19.7 Å². The second-order valence-corrected chi connectivity index (χ2v) is 13.8. The standard InChI is InChI=1S/C39H40ClN5O2/c1-42-18-20-44(21-19-42)32-14-16-43(17-15-32)31-11-8-26(9-12-31)27-6-7-29-25-45(39(47)33(29)22-27)38(34-24-30(40)10-13-37(34)46)36-23-28-4-2-3-5-35(28)41-36/h2-13,22-24,32,38,41,46H,14-21,25H2,1H3. The van der Waals surface area contributed by atoms with Gasteiger partial charge in [0.2, 0.25) is 0 Å². The number of nitrogens with zero attached hydrogens (tertiary/aromatic N) is 4. The first-order chi connectivity index (χ1) is 22.9. The Morgan fingerprint density at radius 1 is 0.830 bits per heavy atom. The maximum atomic E-state index is 14.2. The lowest BCUT2D eigenvalue weighted by Gasteiger charge is -2.42. The highest BCUT2D eigenvalue weighted by atomic mass is 35.5. The molecule has 1 amide bonds. The molecule has 47 heavy (non-hydrogen) atoms. The number of carbonyl (C=O) groups is 1. The van der Waals surface area contributed by atoms with Gasteiger partial charge in [-0.15, -0.1) is 0 Å². The SMILES string of the molecule is CN1CCN(C2CCN(c3ccc(-c4ccc5c(c4)C(=O)N(C(c4cc6ccccc6[nH]4)c4cc(Cl)ccc4O)C5)cc3)CC2)CC1. The number of hydrogen-bond acceptors (Lipinski definition) is 5. The highest BCUT2D eigenvalue weighted by Crippen LogP contribution is 2.41. The van der Waals surface area contributed by atoms with E-state index < -0.39 is 6.04 Å². The van der Waals surface area contributed by atoms with Crippen molar-refractivity contribution in [2.24, 2.45) is 0 Å². The molecule has 1 unspecified atom stereocenters. The van der Waals surface area contributed by atoms with Gasteiger partial charge in [0.05, 0.1) is 0 Å². The predicted octanol–water partition coefficient (Wildman–Crippen LogP) is 7.16. The number of carbonyl (C=O) groups excluding carboxylic acids is 1. The van der Waals surface area contributed by atoms with Crippen LogP contribution in [0.4, 0.5) is 5.69 Å². The van der Waals surface area contributed by atoms with Gasteiger partial charge < -0.3 is 24.8 Å². The molecule has 1 aromatic heterocycles. The molecule has 0 bridgehead atoms. The fourth-order valence-electron chi connectivity index (χ4n) is 7.74. The number of rotatable bonds is 6. The van der Waals surface area contributed by atoms with E-state index in [4.69, 9.17) is 11.6 Å². The van der Waals surface area contributed by atoms with Gasteiger partial charge in [-0.2, -0.15) is 0 Å². The summed E-state index contributed by atoms with van der Waals surface area (Å²) in [6, 6.07) is 30.3. The van der Waals surface area contributed by atoms with Gasteiger partial charge in [-0.3, -0.25) is 9.69 Å². The zero-order valence-corrected chi connectivity index (χ0v) is 27.5. The number of aromatic nitrogens is 1. The molecule has 3 aliphatic heterocycles. The number of piperazine rings is 1. The van der Waals surface area contributed by atoms with Crippen molar-refractivity contribution in [1.29, 1.82) is 0 Å². The first kappa shape index (κ1) is 30.1. The van der Waals surface area contributed by atoms with E-state index >= 15 is 0 Å². The number of hydrogen-bond donors (Lipinski definition) is 2. The summed E-state index contributed by atoms with van der Waals surface area (Å²) < 4.78 is 0. The molecule has 5 aromatic rings. The van der Waals surface area contributed by atoms with Crippen LogP contribution in [0.1, 0.15) is 46.1 Å². The fourth-order valence-corrected chi connectivity index (χ4v) is 7.92. The topological polar surface area (TPSA) is 66.0 Å². The number of piperidine rings is 1. The third kappa shape index (κ3) is 5.77. The minimum absolute atomic E-state index is 0.0651. The number of H-pyrrole nitrogens is 1. The average Bonchev–Trinajstić information content (AvgIpc) is 3.67. The second kappa shape index (κ2) is 12.4. The number of anilines is 1. The maximum Gasteiger partial charge on any atom is 0.255 e. The first-order valence-electron chi connectivity index (χ1n) is 16.7. The van der Waals surface area contributed by atoms with Crippen LogP contribution in [0, 0.1) is 0 Å². The zero-order chi connectivity index (χ0) is 32.1. The third-order valence-electron chi connectivity index (χ3n) is 10.5. The van der Waals surface area contributed by atoms with Crippen molar-refractivity contribution in [3.05, 3.63) is 118 Å². The van der Waals surface area contributed by atoms with E-state index in [2.05, 4.69) is 69.2 Å². The Bertz CT molecular complexity index is 1890. The number of nitrogens with one attached hydrogen (secondary N) is 1. The molecule has 0 radical (unpaired) electrons. The number of fused-ring (bicyclic) bond motifs is 2. The Morgan fingerprint density at radius 2 is 1.57 bits per heavy atom. The lowest BCUT2D eigenvalue weighted by molar-refractivity contribution is 0.0727. The monoisotopic (exact) mass is 645 g/mol. The van der Waals surface area contributed by atoms with Gasteiger partial charge in [-0.05, 0) is 90.5 Å². The molecule has 240 valence electrons. The average molecular weight is 646 g/mol. The highest BCUT2D eigenvalue weighted by molar-refractivity contribution is 6.30. The summed E-state index contributed by atoms with van der Waals surface area (Å²) in [5.41, 5.74) is 7.44. The van der Waals surface area contributed by atoms with E-state index in [1.54, 1.807) is 18.2 Å². The first-order valence-corrected chi connectivity index (χ1v) is 17.1. The molecular formula is C39H40ClN5O2. The smallest absolute Gasteiger partial charge is 0.255 e. The van der Waals surface area contributed by atoms with Crippen LogP contribution in [0.15, 0.2) is 91.0 Å². The van der Waals surface area contributed by atoms with Crippen LogP contribution in [-0.2, 0) is 6.54 Å². The Balaban J connectivity index is 1.02. The van der Waals surface area contributed by atoms with Crippen LogP contribution >= 0.6 is 11.6 Å². The summed E-state index contributed by atoms with van der Waals surface area (Å²) in [7, 11) is 2.22. The number of para-hydroxylation sites is 1. The molecule has 4 aromatic carbocycles. The molecule has 2 N–H and O–H groups in total. The molecule has 0 spiro atoms. The van der Waals surface area contributed by atoms with Gasteiger partial charge in [0.1, 0.15) is 11.8 Å². The molecule has 2 fully saturated rings. The molecule has 0 aliphatic carbocycles. The van der Waals surface area contributed by atoms with E-state index in [0.717, 1.165) is 46.4 Å². The summed E-state index contributed by atoms with van der Waals surface area (Å²) in [4.78, 5) is 27.1. The number of amides is 1.